The molecule has 4 heteroatoms. The fourth-order valence-electron chi connectivity index (χ4n) is 3.07. The van der Waals surface area contributed by atoms with Crippen LogP contribution < -0.4 is 0 Å². The Labute approximate surface area is 128 Å². The summed E-state index contributed by atoms with van der Waals surface area (Å²) >= 11 is 5.55. The van der Waals surface area contributed by atoms with E-state index in [2.05, 4.69) is 52.0 Å². The molecule has 2 heterocycles. The van der Waals surface area contributed by atoms with E-state index in [0.717, 1.165) is 18.4 Å². The molecule has 0 bridgehead atoms. The lowest BCUT2D eigenvalue weighted by Gasteiger charge is -2.37. The predicted molar refractivity (Wildman–Crippen MR) is 84.5 cm³/mol. The van der Waals surface area contributed by atoms with Gasteiger partial charge in [0.25, 0.3) is 0 Å². The normalized spacial score (nSPS) is 31.4. The highest BCUT2D eigenvalue weighted by Crippen LogP contribution is 2.39. The number of rotatable bonds is 3. The van der Waals surface area contributed by atoms with Crippen molar-refractivity contribution in [3.63, 3.8) is 0 Å². The number of halogens is 1. The number of hydrogen-bond acceptors (Lipinski definition) is 3. The van der Waals surface area contributed by atoms with Gasteiger partial charge in [-0.05, 0) is 18.6 Å². The van der Waals surface area contributed by atoms with Crippen molar-refractivity contribution >= 4 is 27.7 Å². The molecule has 19 heavy (non-hydrogen) atoms. The van der Waals surface area contributed by atoms with Gasteiger partial charge in [0.1, 0.15) is 0 Å². The summed E-state index contributed by atoms with van der Waals surface area (Å²) in [6, 6.07) is 8.86. The van der Waals surface area contributed by atoms with Gasteiger partial charge in [0.05, 0.1) is 12.2 Å². The third-order valence-electron chi connectivity index (χ3n) is 3.85. The Kier molecular flexibility index (Phi) is 4.52. The van der Waals surface area contributed by atoms with Crippen molar-refractivity contribution < 1.29 is 4.74 Å². The molecule has 1 saturated heterocycles. The summed E-state index contributed by atoms with van der Waals surface area (Å²) in [5.41, 5.74) is 1.54. The van der Waals surface area contributed by atoms with E-state index in [0.29, 0.717) is 18.1 Å². The van der Waals surface area contributed by atoms with Crippen molar-refractivity contribution in [3.05, 3.63) is 29.8 Å². The third-order valence-corrected chi connectivity index (χ3v) is 5.83. The number of hydrogen-bond donors (Lipinski definition) is 0. The molecule has 0 radical (unpaired) electrons. The first-order valence-electron chi connectivity index (χ1n) is 6.91. The molecule has 2 nitrogen and oxygen atoms in total. The first-order valence-corrected chi connectivity index (χ1v) is 9.02. The quantitative estimate of drug-likeness (QED) is 0.782. The van der Waals surface area contributed by atoms with E-state index >= 15 is 0 Å². The van der Waals surface area contributed by atoms with Crippen LogP contribution in [0, 0.1) is 0 Å². The summed E-state index contributed by atoms with van der Waals surface area (Å²) in [6.45, 7) is 5.46. The molecule has 2 aliphatic rings. The summed E-state index contributed by atoms with van der Waals surface area (Å²) in [5, 5.41) is 0.934. The van der Waals surface area contributed by atoms with E-state index in [-0.39, 0.29) is 0 Å². The SMILES string of the molecule is CC1CN(CC2CSc3ccccc32)CC(CBr)O1. The zero-order valence-corrected chi connectivity index (χ0v) is 13.6. The second-order valence-corrected chi connectivity index (χ2v) is 7.20. The van der Waals surface area contributed by atoms with Gasteiger partial charge >= 0.3 is 0 Å². The average Bonchev–Trinajstić information content (AvgIpc) is 2.82. The van der Waals surface area contributed by atoms with Gasteiger partial charge in [0.15, 0.2) is 0 Å². The Balaban J connectivity index is 1.66. The molecule has 0 amide bonds. The number of ether oxygens (including phenoxy) is 1. The van der Waals surface area contributed by atoms with Crippen molar-refractivity contribution in [2.45, 2.75) is 29.9 Å². The standard InChI is InChI=1S/C15H20BrNOS/c1-11-7-17(9-13(6-16)18-11)8-12-10-19-15-5-3-2-4-14(12)15/h2-5,11-13H,6-10H2,1H3. The van der Waals surface area contributed by atoms with E-state index < -0.39 is 0 Å². The molecule has 104 valence electrons. The van der Waals surface area contributed by atoms with Gasteiger partial charge in [0, 0.05) is 41.5 Å². The zero-order chi connectivity index (χ0) is 13.2. The molecule has 0 N–H and O–H groups in total. The molecule has 0 aliphatic carbocycles. The van der Waals surface area contributed by atoms with Crippen LogP contribution in [0.5, 0.6) is 0 Å². The van der Waals surface area contributed by atoms with Crippen LogP contribution in [0.25, 0.3) is 0 Å². The summed E-state index contributed by atoms with van der Waals surface area (Å²) < 4.78 is 5.91. The third kappa shape index (κ3) is 3.18. The number of nitrogens with zero attached hydrogens (tertiary/aromatic N) is 1. The fraction of sp³-hybridized carbons (Fsp3) is 0.600. The summed E-state index contributed by atoms with van der Waals surface area (Å²) in [6.07, 6.45) is 0.689. The number of alkyl halides is 1. The summed E-state index contributed by atoms with van der Waals surface area (Å²) in [7, 11) is 0. The van der Waals surface area contributed by atoms with Gasteiger partial charge in [-0.2, -0.15) is 0 Å². The Bertz CT molecular complexity index is 442. The number of fused-ring (bicyclic) bond motifs is 1. The van der Waals surface area contributed by atoms with E-state index in [4.69, 9.17) is 4.74 Å². The second kappa shape index (κ2) is 6.17. The maximum absolute atomic E-state index is 5.91. The molecule has 0 spiro atoms. The van der Waals surface area contributed by atoms with E-state index in [1.807, 2.05) is 11.8 Å². The maximum atomic E-state index is 5.91. The molecule has 3 unspecified atom stereocenters. The van der Waals surface area contributed by atoms with Crippen molar-refractivity contribution in [2.75, 3.05) is 30.7 Å². The van der Waals surface area contributed by atoms with Gasteiger partial charge in [-0.25, -0.2) is 0 Å². The molecule has 3 rings (SSSR count). The predicted octanol–water partition coefficient (Wildman–Crippen LogP) is 3.36. The Morgan fingerprint density at radius 3 is 3.05 bits per heavy atom. The van der Waals surface area contributed by atoms with Crippen molar-refractivity contribution in [3.8, 4) is 0 Å². The minimum atomic E-state index is 0.341. The van der Waals surface area contributed by atoms with E-state index in [1.165, 1.54) is 17.2 Å². The topological polar surface area (TPSA) is 12.5 Å². The number of thioether (sulfide) groups is 1. The minimum absolute atomic E-state index is 0.341. The van der Waals surface area contributed by atoms with Crippen molar-refractivity contribution in [1.29, 1.82) is 0 Å². The molecule has 2 aliphatic heterocycles. The maximum Gasteiger partial charge on any atom is 0.0802 e. The second-order valence-electron chi connectivity index (χ2n) is 5.49. The van der Waals surface area contributed by atoms with Crippen LogP contribution in [0.2, 0.25) is 0 Å². The summed E-state index contributed by atoms with van der Waals surface area (Å²) in [5.74, 6) is 1.91. The highest BCUT2D eigenvalue weighted by Gasteiger charge is 2.29. The molecule has 1 fully saturated rings. The Morgan fingerprint density at radius 1 is 1.37 bits per heavy atom. The van der Waals surface area contributed by atoms with E-state index in [9.17, 15) is 0 Å². The Morgan fingerprint density at radius 2 is 2.21 bits per heavy atom. The molecule has 1 aromatic carbocycles. The van der Waals surface area contributed by atoms with E-state index in [1.54, 1.807) is 5.56 Å². The van der Waals surface area contributed by atoms with Crippen LogP contribution in [0.3, 0.4) is 0 Å². The highest BCUT2D eigenvalue weighted by molar-refractivity contribution is 9.09. The number of morpholine rings is 1. The zero-order valence-electron chi connectivity index (χ0n) is 11.2. The molecule has 1 aromatic rings. The first-order chi connectivity index (χ1) is 9.26. The van der Waals surface area contributed by atoms with Crippen molar-refractivity contribution in [2.24, 2.45) is 0 Å². The fourth-order valence-corrected chi connectivity index (χ4v) is 4.67. The van der Waals surface area contributed by atoms with Gasteiger partial charge in [-0.1, -0.05) is 34.1 Å². The van der Waals surface area contributed by atoms with Crippen LogP contribution in [0.4, 0.5) is 0 Å². The molecule has 0 aromatic heterocycles. The number of benzene rings is 1. The minimum Gasteiger partial charge on any atom is -0.372 e. The monoisotopic (exact) mass is 341 g/mol. The smallest absolute Gasteiger partial charge is 0.0802 e. The van der Waals surface area contributed by atoms with Gasteiger partial charge in [-0.15, -0.1) is 11.8 Å². The highest BCUT2D eigenvalue weighted by atomic mass is 79.9. The molecular formula is C15H20BrNOS. The lowest BCUT2D eigenvalue weighted by molar-refractivity contribution is -0.0661. The lowest BCUT2D eigenvalue weighted by Crippen LogP contribution is -2.48. The van der Waals surface area contributed by atoms with Crippen LogP contribution >= 0.6 is 27.7 Å². The first kappa shape index (κ1) is 13.9. The van der Waals surface area contributed by atoms with Crippen LogP contribution in [-0.2, 0) is 4.74 Å². The largest absolute Gasteiger partial charge is 0.372 e. The average molecular weight is 342 g/mol. The molecule has 3 atom stereocenters. The van der Waals surface area contributed by atoms with Gasteiger partial charge in [-0.3, -0.25) is 4.90 Å². The molecule has 0 saturated carbocycles. The van der Waals surface area contributed by atoms with Gasteiger partial charge in [0.2, 0.25) is 0 Å². The van der Waals surface area contributed by atoms with Crippen molar-refractivity contribution in [1.82, 2.24) is 4.90 Å². The van der Waals surface area contributed by atoms with Gasteiger partial charge < -0.3 is 4.74 Å². The molecular weight excluding hydrogens is 322 g/mol. The Hall–Kier alpha value is -0.0300. The lowest BCUT2D eigenvalue weighted by atomic mass is 10.00. The summed E-state index contributed by atoms with van der Waals surface area (Å²) in [4.78, 5) is 4.05. The van der Waals surface area contributed by atoms with Crippen LogP contribution in [0.15, 0.2) is 29.2 Å². The van der Waals surface area contributed by atoms with Crippen LogP contribution in [-0.4, -0.2) is 47.8 Å². The van der Waals surface area contributed by atoms with Crippen LogP contribution in [0.1, 0.15) is 18.4 Å².